The van der Waals surface area contributed by atoms with Gasteiger partial charge in [0.15, 0.2) is 0 Å². The highest BCUT2D eigenvalue weighted by molar-refractivity contribution is 5.51. The van der Waals surface area contributed by atoms with E-state index in [1.807, 2.05) is 19.0 Å². The minimum absolute atomic E-state index is 0.00132. The van der Waals surface area contributed by atoms with Crippen LogP contribution < -0.4 is 15.4 Å². The van der Waals surface area contributed by atoms with E-state index in [2.05, 4.69) is 30.8 Å². The Morgan fingerprint density at radius 1 is 1.04 bits per heavy atom. The van der Waals surface area contributed by atoms with E-state index in [1.54, 1.807) is 30.3 Å². The Labute approximate surface area is 165 Å². The van der Waals surface area contributed by atoms with Crippen LogP contribution in [0.3, 0.4) is 0 Å². The normalized spacial score (nSPS) is 18.2. The maximum atomic E-state index is 12.2. The molecule has 150 valence electrons. The average Bonchev–Trinajstić information content (AvgIpc) is 3.52. The molecule has 28 heavy (non-hydrogen) atoms. The summed E-state index contributed by atoms with van der Waals surface area (Å²) in [5.41, 5.74) is 0.635. The number of aromatic nitrogens is 4. The molecule has 0 radical (unpaired) electrons. The first-order chi connectivity index (χ1) is 13.5. The molecule has 1 saturated carbocycles. The van der Waals surface area contributed by atoms with Gasteiger partial charge in [0.25, 0.3) is 5.56 Å². The number of anilines is 2. The summed E-state index contributed by atoms with van der Waals surface area (Å²) in [6, 6.07) is 3.19. The minimum Gasteiger partial charge on any atom is -0.363 e. The van der Waals surface area contributed by atoms with E-state index in [1.165, 1.54) is 12.8 Å². The molecule has 0 amide bonds. The van der Waals surface area contributed by atoms with Crippen molar-refractivity contribution in [3.63, 3.8) is 0 Å². The summed E-state index contributed by atoms with van der Waals surface area (Å²) < 4.78 is 1.60. The van der Waals surface area contributed by atoms with Crippen molar-refractivity contribution in [1.82, 2.24) is 24.4 Å². The summed E-state index contributed by atoms with van der Waals surface area (Å²) >= 11 is 0. The number of hydrogen-bond acceptors (Lipinski definition) is 7. The van der Waals surface area contributed by atoms with Gasteiger partial charge < -0.3 is 14.4 Å². The molecule has 0 bridgehead atoms. The Morgan fingerprint density at radius 3 is 2.39 bits per heavy atom. The molecule has 3 heterocycles. The molecule has 1 aliphatic carbocycles. The average molecular weight is 384 g/mol. The van der Waals surface area contributed by atoms with E-state index in [0.717, 1.165) is 37.6 Å². The van der Waals surface area contributed by atoms with Gasteiger partial charge in [-0.2, -0.15) is 0 Å². The summed E-state index contributed by atoms with van der Waals surface area (Å²) in [7, 11) is 5.79. The number of piperidine rings is 1. The van der Waals surface area contributed by atoms with Crippen LogP contribution in [0.25, 0.3) is 0 Å². The monoisotopic (exact) mass is 383 g/mol. The van der Waals surface area contributed by atoms with Gasteiger partial charge in [-0.25, -0.2) is 9.97 Å². The predicted molar refractivity (Wildman–Crippen MR) is 110 cm³/mol. The smallest absolute Gasteiger partial charge is 0.273 e. The lowest BCUT2D eigenvalue weighted by molar-refractivity contribution is 0.197. The zero-order valence-corrected chi connectivity index (χ0v) is 17.0. The SMILES string of the molecule is CN(C)c1cc(N(C2CC2)C2CCN(Cc3nccn(C)c3=O)CC2)ncn1. The quantitative estimate of drug-likeness (QED) is 0.744. The van der Waals surface area contributed by atoms with E-state index < -0.39 is 0 Å². The van der Waals surface area contributed by atoms with Crippen molar-refractivity contribution in [1.29, 1.82) is 0 Å². The third-order valence-corrected chi connectivity index (χ3v) is 5.71. The van der Waals surface area contributed by atoms with Crippen LogP contribution in [0.1, 0.15) is 31.4 Å². The Hall–Kier alpha value is -2.48. The lowest BCUT2D eigenvalue weighted by Gasteiger charge is -2.39. The van der Waals surface area contributed by atoms with Crippen LogP contribution in [0.4, 0.5) is 11.6 Å². The third kappa shape index (κ3) is 4.01. The van der Waals surface area contributed by atoms with Crippen molar-refractivity contribution in [3.8, 4) is 0 Å². The predicted octanol–water partition coefficient (Wildman–Crippen LogP) is 1.27. The molecule has 4 rings (SSSR count). The number of hydrogen-bond donors (Lipinski definition) is 0. The standard InChI is InChI=1S/C20H29N7O/c1-24(2)18-12-19(23-14-22-18)27(15-4-5-15)16-6-9-26(10-7-16)13-17-20(28)25(3)11-8-21-17/h8,11-12,14-16H,4-7,9-10,13H2,1-3H3. The van der Waals surface area contributed by atoms with Crippen LogP contribution in [0, 0.1) is 0 Å². The lowest BCUT2D eigenvalue weighted by atomic mass is 10.0. The zero-order chi connectivity index (χ0) is 19.7. The van der Waals surface area contributed by atoms with Crippen LogP contribution in [0.15, 0.2) is 29.6 Å². The molecule has 1 aliphatic heterocycles. The van der Waals surface area contributed by atoms with Gasteiger partial charge in [0, 0.05) is 71.3 Å². The fourth-order valence-corrected chi connectivity index (χ4v) is 3.97. The van der Waals surface area contributed by atoms with Gasteiger partial charge in [0.2, 0.25) is 0 Å². The van der Waals surface area contributed by atoms with Gasteiger partial charge in [-0.1, -0.05) is 0 Å². The van der Waals surface area contributed by atoms with E-state index >= 15 is 0 Å². The number of nitrogens with zero attached hydrogens (tertiary/aromatic N) is 7. The van der Waals surface area contributed by atoms with E-state index in [9.17, 15) is 4.79 Å². The molecule has 0 atom stereocenters. The number of aryl methyl sites for hydroxylation is 1. The van der Waals surface area contributed by atoms with Crippen molar-refractivity contribution < 1.29 is 0 Å². The van der Waals surface area contributed by atoms with Crippen LogP contribution in [-0.2, 0) is 13.6 Å². The van der Waals surface area contributed by atoms with Crippen LogP contribution in [0.5, 0.6) is 0 Å². The van der Waals surface area contributed by atoms with Gasteiger partial charge in [0.05, 0.1) is 0 Å². The molecule has 8 nitrogen and oxygen atoms in total. The number of likely N-dealkylation sites (tertiary alicyclic amines) is 1. The van der Waals surface area contributed by atoms with Crippen molar-refractivity contribution in [2.24, 2.45) is 7.05 Å². The Bertz CT molecular complexity index is 869. The number of rotatable bonds is 6. The molecule has 2 aromatic heterocycles. The first-order valence-corrected chi connectivity index (χ1v) is 10.0. The molecule has 2 aliphatic rings. The fourth-order valence-electron chi connectivity index (χ4n) is 3.97. The molecule has 1 saturated heterocycles. The minimum atomic E-state index is 0.00132. The molecule has 0 N–H and O–H groups in total. The Morgan fingerprint density at radius 2 is 1.71 bits per heavy atom. The first kappa shape index (κ1) is 18.9. The largest absolute Gasteiger partial charge is 0.363 e. The molecule has 0 aromatic carbocycles. The zero-order valence-electron chi connectivity index (χ0n) is 17.0. The Kier molecular flexibility index (Phi) is 5.30. The van der Waals surface area contributed by atoms with Gasteiger partial charge >= 0.3 is 0 Å². The van der Waals surface area contributed by atoms with Crippen LogP contribution in [0.2, 0.25) is 0 Å². The summed E-state index contributed by atoms with van der Waals surface area (Å²) in [5.74, 6) is 1.98. The fraction of sp³-hybridized carbons (Fsp3) is 0.600. The highest BCUT2D eigenvalue weighted by Gasteiger charge is 2.36. The molecular formula is C20H29N7O. The van der Waals surface area contributed by atoms with Crippen molar-refractivity contribution in [3.05, 3.63) is 40.8 Å². The van der Waals surface area contributed by atoms with Gasteiger partial charge in [0.1, 0.15) is 23.7 Å². The summed E-state index contributed by atoms with van der Waals surface area (Å²) in [4.78, 5) is 32.4. The van der Waals surface area contributed by atoms with Gasteiger partial charge in [-0.3, -0.25) is 14.7 Å². The molecule has 0 spiro atoms. The van der Waals surface area contributed by atoms with E-state index in [-0.39, 0.29) is 5.56 Å². The van der Waals surface area contributed by atoms with E-state index in [4.69, 9.17) is 0 Å². The van der Waals surface area contributed by atoms with E-state index in [0.29, 0.717) is 24.3 Å². The van der Waals surface area contributed by atoms with Gasteiger partial charge in [-0.05, 0) is 25.7 Å². The lowest BCUT2D eigenvalue weighted by Crippen LogP contribution is -2.46. The topological polar surface area (TPSA) is 70.4 Å². The van der Waals surface area contributed by atoms with Crippen LogP contribution in [-0.4, -0.2) is 63.7 Å². The van der Waals surface area contributed by atoms with Crippen molar-refractivity contribution >= 4 is 11.6 Å². The second-order valence-corrected chi connectivity index (χ2v) is 8.06. The third-order valence-electron chi connectivity index (χ3n) is 5.71. The molecule has 0 unspecified atom stereocenters. The molecule has 8 heteroatoms. The van der Waals surface area contributed by atoms with Crippen LogP contribution >= 0.6 is 0 Å². The first-order valence-electron chi connectivity index (χ1n) is 10.0. The second-order valence-electron chi connectivity index (χ2n) is 8.06. The highest BCUT2D eigenvalue weighted by Crippen LogP contribution is 2.36. The summed E-state index contributed by atoms with van der Waals surface area (Å²) in [6.07, 6.45) is 9.71. The maximum Gasteiger partial charge on any atom is 0.273 e. The maximum absolute atomic E-state index is 12.2. The summed E-state index contributed by atoms with van der Waals surface area (Å²) in [5, 5.41) is 0. The molecule has 2 fully saturated rings. The molecule has 2 aromatic rings. The molecular weight excluding hydrogens is 354 g/mol. The Balaban J connectivity index is 1.43. The highest BCUT2D eigenvalue weighted by atomic mass is 16.1. The van der Waals surface area contributed by atoms with Gasteiger partial charge in [-0.15, -0.1) is 0 Å². The summed E-state index contributed by atoms with van der Waals surface area (Å²) in [6.45, 7) is 2.57. The van der Waals surface area contributed by atoms with Crippen molar-refractivity contribution in [2.45, 2.75) is 44.3 Å². The second kappa shape index (κ2) is 7.87. The van der Waals surface area contributed by atoms with Crippen molar-refractivity contribution in [2.75, 3.05) is 37.0 Å².